The summed E-state index contributed by atoms with van der Waals surface area (Å²) >= 11 is 0. The summed E-state index contributed by atoms with van der Waals surface area (Å²) in [5.74, 6) is 2.02. The van der Waals surface area contributed by atoms with Crippen molar-refractivity contribution in [1.29, 1.82) is 0 Å². The Kier molecular flexibility index (Phi) is 3.46. The molecule has 1 atom stereocenters. The van der Waals surface area contributed by atoms with E-state index in [1.54, 1.807) is 7.11 Å². The molecule has 1 fully saturated rings. The van der Waals surface area contributed by atoms with E-state index >= 15 is 0 Å². The maximum atomic E-state index is 5.33. The molecule has 5 heteroatoms. The van der Waals surface area contributed by atoms with Gasteiger partial charge in [-0.1, -0.05) is 17.3 Å². The van der Waals surface area contributed by atoms with Crippen LogP contribution in [0, 0.1) is 0 Å². The van der Waals surface area contributed by atoms with Gasteiger partial charge in [-0.2, -0.15) is 4.98 Å². The SMILES string of the molecule is COc1ccccc1-c1nc(CC2CCCN2)no1. The van der Waals surface area contributed by atoms with Gasteiger partial charge in [0.15, 0.2) is 5.82 Å². The van der Waals surface area contributed by atoms with E-state index in [4.69, 9.17) is 9.26 Å². The minimum absolute atomic E-state index is 0.475. The molecule has 0 bridgehead atoms. The molecule has 1 aromatic carbocycles. The normalized spacial score (nSPS) is 18.7. The molecule has 1 saturated heterocycles. The van der Waals surface area contributed by atoms with E-state index in [2.05, 4.69) is 15.5 Å². The fraction of sp³-hybridized carbons (Fsp3) is 0.429. The van der Waals surface area contributed by atoms with Crippen LogP contribution in [0.3, 0.4) is 0 Å². The second-order valence-electron chi connectivity index (χ2n) is 4.71. The van der Waals surface area contributed by atoms with Gasteiger partial charge < -0.3 is 14.6 Å². The minimum Gasteiger partial charge on any atom is -0.496 e. The largest absolute Gasteiger partial charge is 0.496 e. The molecular formula is C14H17N3O2. The molecule has 0 spiro atoms. The van der Waals surface area contributed by atoms with Crippen molar-refractivity contribution in [2.75, 3.05) is 13.7 Å². The molecule has 0 aliphatic carbocycles. The van der Waals surface area contributed by atoms with E-state index in [0.717, 1.165) is 30.1 Å². The Bertz CT molecular complexity index is 547. The summed E-state index contributed by atoms with van der Waals surface area (Å²) in [4.78, 5) is 4.45. The van der Waals surface area contributed by atoms with E-state index in [1.807, 2.05) is 24.3 Å². The summed E-state index contributed by atoms with van der Waals surface area (Å²) in [5, 5.41) is 7.48. The maximum absolute atomic E-state index is 5.33. The second-order valence-corrected chi connectivity index (χ2v) is 4.71. The summed E-state index contributed by atoms with van der Waals surface area (Å²) in [7, 11) is 1.64. The van der Waals surface area contributed by atoms with Crippen molar-refractivity contribution in [3.63, 3.8) is 0 Å². The van der Waals surface area contributed by atoms with E-state index in [9.17, 15) is 0 Å². The lowest BCUT2D eigenvalue weighted by molar-refractivity contribution is 0.401. The molecule has 0 amide bonds. The number of benzene rings is 1. The molecule has 1 unspecified atom stereocenters. The highest BCUT2D eigenvalue weighted by atomic mass is 16.5. The van der Waals surface area contributed by atoms with Crippen molar-refractivity contribution < 1.29 is 9.26 Å². The first-order chi connectivity index (χ1) is 9.36. The number of hydrogen-bond donors (Lipinski definition) is 1. The first kappa shape index (κ1) is 12.2. The van der Waals surface area contributed by atoms with Gasteiger partial charge in [0.25, 0.3) is 5.89 Å². The Morgan fingerprint density at radius 2 is 2.32 bits per heavy atom. The highest BCUT2D eigenvalue weighted by Gasteiger charge is 2.19. The fourth-order valence-electron chi connectivity index (χ4n) is 2.42. The monoisotopic (exact) mass is 259 g/mol. The van der Waals surface area contributed by atoms with Gasteiger partial charge in [0.05, 0.1) is 12.7 Å². The van der Waals surface area contributed by atoms with Crippen LogP contribution in [-0.2, 0) is 6.42 Å². The predicted octanol–water partition coefficient (Wildman–Crippen LogP) is 2.04. The van der Waals surface area contributed by atoms with Gasteiger partial charge in [0.1, 0.15) is 5.75 Å². The fourth-order valence-corrected chi connectivity index (χ4v) is 2.42. The quantitative estimate of drug-likeness (QED) is 0.910. The summed E-state index contributed by atoms with van der Waals surface area (Å²) in [6, 6.07) is 8.13. The molecule has 2 aromatic rings. The molecule has 0 saturated carbocycles. The van der Waals surface area contributed by atoms with Gasteiger partial charge >= 0.3 is 0 Å². The third-order valence-corrected chi connectivity index (χ3v) is 3.40. The molecule has 0 radical (unpaired) electrons. The second kappa shape index (κ2) is 5.40. The smallest absolute Gasteiger partial charge is 0.261 e. The number of rotatable bonds is 4. The molecule has 100 valence electrons. The van der Waals surface area contributed by atoms with Crippen molar-refractivity contribution >= 4 is 0 Å². The zero-order valence-corrected chi connectivity index (χ0v) is 10.9. The number of nitrogens with one attached hydrogen (secondary N) is 1. The summed E-state index contributed by atoms with van der Waals surface area (Å²) in [5.41, 5.74) is 0.836. The Labute approximate surface area is 112 Å². The Balaban J connectivity index is 1.80. The molecule has 1 N–H and O–H groups in total. The van der Waals surface area contributed by atoms with Crippen LogP contribution in [0.2, 0.25) is 0 Å². The third kappa shape index (κ3) is 2.61. The Hall–Kier alpha value is -1.88. The van der Waals surface area contributed by atoms with Crippen LogP contribution in [0.15, 0.2) is 28.8 Å². The highest BCUT2D eigenvalue weighted by Crippen LogP contribution is 2.28. The Morgan fingerprint density at radius 1 is 1.42 bits per heavy atom. The van der Waals surface area contributed by atoms with Crippen molar-refractivity contribution in [2.45, 2.75) is 25.3 Å². The number of aromatic nitrogens is 2. The average molecular weight is 259 g/mol. The first-order valence-corrected chi connectivity index (χ1v) is 6.56. The molecular weight excluding hydrogens is 242 g/mol. The number of para-hydroxylation sites is 1. The lowest BCUT2D eigenvalue weighted by atomic mass is 10.1. The summed E-state index contributed by atoms with van der Waals surface area (Å²) in [6.07, 6.45) is 3.22. The van der Waals surface area contributed by atoms with Gasteiger partial charge in [-0.3, -0.25) is 0 Å². The number of ether oxygens (including phenoxy) is 1. The molecule has 5 nitrogen and oxygen atoms in total. The lowest BCUT2D eigenvalue weighted by Crippen LogP contribution is -2.24. The highest BCUT2D eigenvalue weighted by molar-refractivity contribution is 5.62. The molecule has 19 heavy (non-hydrogen) atoms. The topological polar surface area (TPSA) is 60.2 Å². The van der Waals surface area contributed by atoms with Gasteiger partial charge in [0.2, 0.25) is 0 Å². The van der Waals surface area contributed by atoms with Crippen LogP contribution < -0.4 is 10.1 Å². The minimum atomic E-state index is 0.475. The molecule has 1 aliphatic rings. The van der Waals surface area contributed by atoms with Crippen LogP contribution in [0.5, 0.6) is 5.75 Å². The molecule has 1 aromatic heterocycles. The van der Waals surface area contributed by atoms with E-state index in [1.165, 1.54) is 12.8 Å². The van der Waals surface area contributed by atoms with Gasteiger partial charge in [-0.15, -0.1) is 0 Å². The predicted molar refractivity (Wildman–Crippen MR) is 71.0 cm³/mol. The van der Waals surface area contributed by atoms with Crippen molar-refractivity contribution in [3.05, 3.63) is 30.1 Å². The standard InChI is InChI=1S/C14H17N3O2/c1-18-12-7-3-2-6-11(12)14-16-13(17-19-14)9-10-5-4-8-15-10/h2-3,6-7,10,15H,4-5,8-9H2,1H3. The van der Waals surface area contributed by atoms with E-state index < -0.39 is 0 Å². The lowest BCUT2D eigenvalue weighted by Gasteiger charge is -2.05. The summed E-state index contributed by atoms with van der Waals surface area (Å²) in [6.45, 7) is 1.09. The van der Waals surface area contributed by atoms with Gasteiger partial charge in [0, 0.05) is 12.5 Å². The molecule has 2 heterocycles. The summed E-state index contributed by atoms with van der Waals surface area (Å²) < 4.78 is 10.6. The van der Waals surface area contributed by atoms with Crippen LogP contribution in [0.1, 0.15) is 18.7 Å². The van der Waals surface area contributed by atoms with E-state index in [0.29, 0.717) is 11.9 Å². The Morgan fingerprint density at radius 3 is 3.11 bits per heavy atom. The maximum Gasteiger partial charge on any atom is 0.261 e. The third-order valence-electron chi connectivity index (χ3n) is 3.40. The van der Waals surface area contributed by atoms with Crippen LogP contribution in [0.25, 0.3) is 11.5 Å². The number of nitrogens with zero attached hydrogens (tertiary/aromatic N) is 2. The van der Waals surface area contributed by atoms with Crippen LogP contribution in [-0.4, -0.2) is 29.8 Å². The zero-order chi connectivity index (χ0) is 13.1. The number of hydrogen-bond acceptors (Lipinski definition) is 5. The van der Waals surface area contributed by atoms with E-state index in [-0.39, 0.29) is 0 Å². The van der Waals surface area contributed by atoms with Gasteiger partial charge in [-0.25, -0.2) is 0 Å². The zero-order valence-electron chi connectivity index (χ0n) is 10.9. The number of methoxy groups -OCH3 is 1. The molecule has 1 aliphatic heterocycles. The van der Waals surface area contributed by atoms with Crippen molar-refractivity contribution in [3.8, 4) is 17.2 Å². The van der Waals surface area contributed by atoms with Gasteiger partial charge in [-0.05, 0) is 31.5 Å². The van der Waals surface area contributed by atoms with Crippen molar-refractivity contribution in [1.82, 2.24) is 15.5 Å². The first-order valence-electron chi connectivity index (χ1n) is 6.56. The average Bonchev–Trinajstić information content (AvgIpc) is 3.11. The van der Waals surface area contributed by atoms with Crippen LogP contribution >= 0.6 is 0 Å². The van der Waals surface area contributed by atoms with Crippen molar-refractivity contribution in [2.24, 2.45) is 0 Å². The molecule has 3 rings (SSSR count). The van der Waals surface area contributed by atoms with Crippen LogP contribution in [0.4, 0.5) is 0 Å².